The molecule has 0 aliphatic rings. The first kappa shape index (κ1) is 13.6. The summed E-state index contributed by atoms with van der Waals surface area (Å²) in [6.07, 6.45) is 1.03. The molecule has 2 heteroatoms. The second kappa shape index (κ2) is 6.39. The summed E-state index contributed by atoms with van der Waals surface area (Å²) < 4.78 is 0. The largest absolute Gasteiger partial charge is 0.508 e. The van der Waals surface area contributed by atoms with Gasteiger partial charge < -0.3 is 10.4 Å². The van der Waals surface area contributed by atoms with E-state index in [0.717, 1.165) is 12.0 Å². The predicted molar refractivity (Wildman–Crippen MR) is 79.1 cm³/mol. The van der Waals surface area contributed by atoms with Crippen molar-refractivity contribution in [3.63, 3.8) is 0 Å². The number of rotatable bonds is 5. The molecular formula is C17H21NO. The van der Waals surface area contributed by atoms with Crippen LogP contribution in [0.5, 0.6) is 5.75 Å². The minimum atomic E-state index is 0.206. The van der Waals surface area contributed by atoms with Gasteiger partial charge in [0.1, 0.15) is 5.75 Å². The molecule has 2 aromatic rings. The fraction of sp³-hybridized carbons (Fsp3) is 0.294. The lowest BCUT2D eigenvalue weighted by molar-refractivity contribution is 0.449. The summed E-state index contributed by atoms with van der Waals surface area (Å²) in [7, 11) is 0. The lowest BCUT2D eigenvalue weighted by atomic mass is 10.0. The van der Waals surface area contributed by atoms with Crippen LogP contribution in [-0.2, 0) is 0 Å². The summed E-state index contributed by atoms with van der Waals surface area (Å²) in [4.78, 5) is 0. The second-order valence-electron chi connectivity index (χ2n) is 4.85. The average Bonchev–Trinajstić information content (AvgIpc) is 2.45. The van der Waals surface area contributed by atoms with E-state index in [1.807, 2.05) is 24.3 Å². The lowest BCUT2D eigenvalue weighted by Crippen LogP contribution is -2.24. The van der Waals surface area contributed by atoms with Crippen molar-refractivity contribution in [3.05, 3.63) is 65.7 Å². The van der Waals surface area contributed by atoms with E-state index in [4.69, 9.17) is 0 Å². The first-order valence-corrected chi connectivity index (χ1v) is 6.80. The van der Waals surface area contributed by atoms with Crippen molar-refractivity contribution in [3.8, 4) is 5.75 Å². The summed E-state index contributed by atoms with van der Waals surface area (Å²) in [5.74, 6) is 0.318. The van der Waals surface area contributed by atoms with Crippen LogP contribution in [0.1, 0.15) is 43.5 Å². The van der Waals surface area contributed by atoms with E-state index >= 15 is 0 Å². The van der Waals surface area contributed by atoms with Gasteiger partial charge in [-0.2, -0.15) is 0 Å². The number of hydrogen-bond donors (Lipinski definition) is 2. The van der Waals surface area contributed by atoms with Gasteiger partial charge in [-0.05, 0) is 36.6 Å². The van der Waals surface area contributed by atoms with Crippen LogP contribution in [0.3, 0.4) is 0 Å². The van der Waals surface area contributed by atoms with Crippen molar-refractivity contribution < 1.29 is 5.11 Å². The zero-order chi connectivity index (χ0) is 13.7. The smallest absolute Gasteiger partial charge is 0.115 e. The second-order valence-corrected chi connectivity index (χ2v) is 4.85. The highest BCUT2D eigenvalue weighted by Crippen LogP contribution is 2.23. The molecule has 0 saturated heterocycles. The summed E-state index contributed by atoms with van der Waals surface area (Å²) in [6, 6.07) is 18.4. The van der Waals surface area contributed by atoms with E-state index in [9.17, 15) is 5.11 Å². The number of benzene rings is 2. The Morgan fingerprint density at radius 2 is 1.68 bits per heavy atom. The summed E-state index contributed by atoms with van der Waals surface area (Å²) in [6.45, 7) is 4.31. The van der Waals surface area contributed by atoms with Crippen molar-refractivity contribution in [1.82, 2.24) is 5.32 Å². The first-order valence-electron chi connectivity index (χ1n) is 6.80. The SMILES string of the molecule is CCC(NC(C)c1cccc(O)c1)c1ccccc1. The average molecular weight is 255 g/mol. The number of nitrogens with one attached hydrogen (secondary N) is 1. The highest BCUT2D eigenvalue weighted by molar-refractivity contribution is 5.29. The molecule has 19 heavy (non-hydrogen) atoms. The van der Waals surface area contributed by atoms with E-state index in [2.05, 4.69) is 43.4 Å². The zero-order valence-electron chi connectivity index (χ0n) is 11.5. The van der Waals surface area contributed by atoms with Gasteiger partial charge in [-0.15, -0.1) is 0 Å². The molecular weight excluding hydrogens is 234 g/mol. The Morgan fingerprint density at radius 3 is 2.32 bits per heavy atom. The Kier molecular flexibility index (Phi) is 4.58. The Hall–Kier alpha value is -1.80. The molecule has 2 atom stereocenters. The molecule has 0 fully saturated rings. The Bertz CT molecular complexity index is 510. The molecule has 0 radical (unpaired) electrons. The van der Waals surface area contributed by atoms with Gasteiger partial charge in [0.15, 0.2) is 0 Å². The van der Waals surface area contributed by atoms with Gasteiger partial charge in [0.05, 0.1) is 0 Å². The molecule has 2 rings (SSSR count). The third kappa shape index (κ3) is 3.58. The van der Waals surface area contributed by atoms with Gasteiger partial charge >= 0.3 is 0 Å². The molecule has 0 aliphatic heterocycles. The fourth-order valence-electron chi connectivity index (χ4n) is 2.33. The number of phenolic OH excluding ortho intramolecular Hbond substituents is 1. The molecule has 0 amide bonds. The molecule has 0 spiro atoms. The van der Waals surface area contributed by atoms with Gasteiger partial charge in [0, 0.05) is 12.1 Å². The van der Waals surface area contributed by atoms with E-state index in [1.54, 1.807) is 6.07 Å². The first-order chi connectivity index (χ1) is 9.20. The highest BCUT2D eigenvalue weighted by Gasteiger charge is 2.13. The Labute approximate surface area is 115 Å². The van der Waals surface area contributed by atoms with Gasteiger partial charge in [-0.3, -0.25) is 0 Å². The third-order valence-electron chi connectivity index (χ3n) is 3.43. The maximum atomic E-state index is 9.54. The molecule has 0 saturated carbocycles. The number of phenols is 1. The molecule has 2 N–H and O–H groups in total. The predicted octanol–water partition coefficient (Wildman–Crippen LogP) is 4.19. The molecule has 2 nitrogen and oxygen atoms in total. The molecule has 0 aliphatic carbocycles. The van der Waals surface area contributed by atoms with E-state index in [1.165, 1.54) is 5.56 Å². The molecule has 2 unspecified atom stereocenters. The minimum Gasteiger partial charge on any atom is -0.508 e. The Morgan fingerprint density at radius 1 is 1.00 bits per heavy atom. The van der Waals surface area contributed by atoms with Crippen molar-refractivity contribution in [2.24, 2.45) is 0 Å². The zero-order valence-corrected chi connectivity index (χ0v) is 11.5. The quantitative estimate of drug-likeness (QED) is 0.839. The summed E-state index contributed by atoms with van der Waals surface area (Å²) in [5.41, 5.74) is 2.41. The van der Waals surface area contributed by atoms with Crippen LogP contribution in [0.4, 0.5) is 0 Å². The summed E-state index contributed by atoms with van der Waals surface area (Å²) in [5, 5.41) is 13.2. The van der Waals surface area contributed by atoms with E-state index in [0.29, 0.717) is 11.8 Å². The van der Waals surface area contributed by atoms with E-state index < -0.39 is 0 Å². The van der Waals surface area contributed by atoms with E-state index in [-0.39, 0.29) is 6.04 Å². The third-order valence-corrected chi connectivity index (χ3v) is 3.43. The van der Waals surface area contributed by atoms with Crippen LogP contribution in [0, 0.1) is 0 Å². The molecule has 0 aromatic heterocycles. The van der Waals surface area contributed by atoms with Crippen molar-refractivity contribution in [2.75, 3.05) is 0 Å². The van der Waals surface area contributed by atoms with Crippen LogP contribution in [0.15, 0.2) is 54.6 Å². The fourth-order valence-corrected chi connectivity index (χ4v) is 2.33. The molecule has 0 bridgehead atoms. The van der Waals surface area contributed by atoms with Crippen LogP contribution in [0.2, 0.25) is 0 Å². The standard InChI is InChI=1S/C17H21NO/c1-3-17(14-8-5-4-6-9-14)18-13(2)15-10-7-11-16(19)12-15/h4-13,17-19H,3H2,1-2H3. The van der Waals surface area contributed by atoms with Crippen LogP contribution >= 0.6 is 0 Å². The normalized spacial score (nSPS) is 14.0. The number of hydrogen-bond acceptors (Lipinski definition) is 2. The van der Waals surface area contributed by atoms with Gasteiger partial charge in [-0.1, -0.05) is 49.4 Å². The van der Waals surface area contributed by atoms with Crippen molar-refractivity contribution in [2.45, 2.75) is 32.4 Å². The maximum Gasteiger partial charge on any atom is 0.115 e. The van der Waals surface area contributed by atoms with Crippen molar-refractivity contribution >= 4 is 0 Å². The topological polar surface area (TPSA) is 32.3 Å². The summed E-state index contributed by atoms with van der Waals surface area (Å²) >= 11 is 0. The highest BCUT2D eigenvalue weighted by atomic mass is 16.3. The molecule has 0 heterocycles. The van der Waals surface area contributed by atoms with Gasteiger partial charge in [-0.25, -0.2) is 0 Å². The maximum absolute atomic E-state index is 9.54. The van der Waals surface area contributed by atoms with Gasteiger partial charge in [0.2, 0.25) is 0 Å². The van der Waals surface area contributed by atoms with Gasteiger partial charge in [0.25, 0.3) is 0 Å². The molecule has 100 valence electrons. The van der Waals surface area contributed by atoms with Crippen LogP contribution < -0.4 is 5.32 Å². The lowest BCUT2D eigenvalue weighted by Gasteiger charge is -2.23. The molecule has 2 aromatic carbocycles. The number of aromatic hydroxyl groups is 1. The van der Waals surface area contributed by atoms with Crippen LogP contribution in [-0.4, -0.2) is 5.11 Å². The van der Waals surface area contributed by atoms with Crippen LogP contribution in [0.25, 0.3) is 0 Å². The van der Waals surface area contributed by atoms with Crippen molar-refractivity contribution in [1.29, 1.82) is 0 Å². The Balaban J connectivity index is 2.10. The monoisotopic (exact) mass is 255 g/mol. The minimum absolute atomic E-state index is 0.206.